The van der Waals surface area contributed by atoms with E-state index in [9.17, 15) is 15.0 Å². The molecule has 0 aliphatic rings. The van der Waals surface area contributed by atoms with E-state index in [2.05, 4.69) is 0 Å². The van der Waals surface area contributed by atoms with Crippen molar-refractivity contribution < 1.29 is 19.4 Å². The van der Waals surface area contributed by atoms with Gasteiger partial charge in [-0.25, -0.2) is 0 Å². The molecule has 1 aromatic heterocycles. The molecule has 1 aromatic carbocycles. The highest BCUT2D eigenvalue weighted by Gasteiger charge is 2.14. The van der Waals surface area contributed by atoms with Crippen LogP contribution in [-0.2, 0) is 0 Å². The maximum absolute atomic E-state index is 11.7. The number of benzene rings is 1. The van der Waals surface area contributed by atoms with E-state index in [1.54, 1.807) is 0 Å². The van der Waals surface area contributed by atoms with Crippen molar-refractivity contribution >= 4 is 5.78 Å². The van der Waals surface area contributed by atoms with Crippen molar-refractivity contribution in [2.75, 3.05) is 0 Å². The first-order valence-electron chi connectivity index (χ1n) is 4.27. The van der Waals surface area contributed by atoms with Crippen molar-refractivity contribution in [2.45, 2.75) is 0 Å². The van der Waals surface area contributed by atoms with Crippen molar-refractivity contribution in [1.29, 1.82) is 0 Å². The molecule has 0 atom stereocenters. The number of hydrogen-bond acceptors (Lipinski definition) is 4. The van der Waals surface area contributed by atoms with Gasteiger partial charge in [0.15, 0.2) is 5.78 Å². The Bertz CT molecular complexity index is 485. The van der Waals surface area contributed by atoms with Gasteiger partial charge in [-0.3, -0.25) is 4.79 Å². The number of furan rings is 1. The van der Waals surface area contributed by atoms with Crippen LogP contribution in [0, 0.1) is 0 Å². The summed E-state index contributed by atoms with van der Waals surface area (Å²) < 4.78 is 4.76. The quantitative estimate of drug-likeness (QED) is 0.579. The zero-order valence-corrected chi connectivity index (χ0v) is 7.68. The molecule has 0 radical (unpaired) electrons. The molecule has 4 heteroatoms. The van der Waals surface area contributed by atoms with E-state index in [4.69, 9.17) is 4.42 Å². The van der Waals surface area contributed by atoms with Crippen LogP contribution < -0.4 is 0 Å². The molecule has 0 saturated carbocycles. The van der Waals surface area contributed by atoms with Gasteiger partial charge in [0.25, 0.3) is 0 Å². The number of hydrogen-bond donors (Lipinski definition) is 2. The third-order valence-corrected chi connectivity index (χ3v) is 2.01. The highest BCUT2D eigenvalue weighted by Crippen LogP contribution is 2.24. The molecule has 2 rings (SSSR count). The highest BCUT2D eigenvalue weighted by atomic mass is 16.3. The molecule has 2 N–H and O–H groups in total. The van der Waals surface area contributed by atoms with Gasteiger partial charge in [0.1, 0.15) is 17.8 Å². The van der Waals surface area contributed by atoms with Gasteiger partial charge >= 0.3 is 0 Å². The summed E-state index contributed by atoms with van der Waals surface area (Å²) in [6.45, 7) is 0. The van der Waals surface area contributed by atoms with Crippen LogP contribution >= 0.6 is 0 Å². The normalized spacial score (nSPS) is 10.1. The molecule has 76 valence electrons. The second-order valence-electron chi connectivity index (χ2n) is 3.04. The first kappa shape index (κ1) is 9.33. The van der Waals surface area contributed by atoms with Crippen LogP contribution in [-0.4, -0.2) is 16.0 Å². The monoisotopic (exact) mass is 204 g/mol. The predicted octanol–water partition coefficient (Wildman–Crippen LogP) is 1.92. The van der Waals surface area contributed by atoms with Crippen molar-refractivity contribution in [2.24, 2.45) is 0 Å². The van der Waals surface area contributed by atoms with Crippen LogP contribution in [0.3, 0.4) is 0 Å². The Labute approximate surface area is 85.4 Å². The van der Waals surface area contributed by atoms with Gasteiger partial charge in [0.05, 0.1) is 17.4 Å². The number of carbonyl (C=O) groups excluding carboxylic acids is 1. The summed E-state index contributed by atoms with van der Waals surface area (Å²) in [7, 11) is 0. The van der Waals surface area contributed by atoms with Crippen LogP contribution in [0.5, 0.6) is 11.5 Å². The summed E-state index contributed by atoms with van der Waals surface area (Å²) in [5.41, 5.74) is 0.382. The fourth-order valence-electron chi connectivity index (χ4n) is 1.26. The Morgan fingerprint density at radius 2 is 2.00 bits per heavy atom. The van der Waals surface area contributed by atoms with Gasteiger partial charge in [0, 0.05) is 0 Å². The Morgan fingerprint density at radius 1 is 1.20 bits per heavy atom. The number of phenolic OH excluding ortho intramolecular Hbond substituents is 2. The summed E-state index contributed by atoms with van der Waals surface area (Å²) >= 11 is 0. The predicted molar refractivity (Wildman–Crippen MR) is 51.9 cm³/mol. The number of ketones is 1. The van der Waals surface area contributed by atoms with E-state index in [1.165, 1.54) is 36.8 Å². The zero-order valence-electron chi connectivity index (χ0n) is 7.68. The molecular formula is C11H8O4. The summed E-state index contributed by atoms with van der Waals surface area (Å²) in [5.74, 6) is -0.629. The lowest BCUT2D eigenvalue weighted by atomic mass is 10.0. The molecule has 2 aromatic rings. The van der Waals surface area contributed by atoms with E-state index in [1.807, 2.05) is 0 Å². The SMILES string of the molecule is O=C(c1ccoc1)c1cc(O)ccc1O. The van der Waals surface area contributed by atoms with E-state index in [0.717, 1.165) is 0 Å². The fraction of sp³-hybridized carbons (Fsp3) is 0. The van der Waals surface area contributed by atoms with Crippen LogP contribution in [0.1, 0.15) is 15.9 Å². The molecular weight excluding hydrogens is 196 g/mol. The topological polar surface area (TPSA) is 70.7 Å². The third-order valence-electron chi connectivity index (χ3n) is 2.01. The average molecular weight is 204 g/mol. The number of carbonyl (C=O) groups is 1. The number of aromatic hydroxyl groups is 2. The average Bonchev–Trinajstić information content (AvgIpc) is 2.74. The lowest BCUT2D eigenvalue weighted by Crippen LogP contribution is -1.99. The molecule has 4 nitrogen and oxygen atoms in total. The lowest BCUT2D eigenvalue weighted by molar-refractivity contribution is 0.103. The van der Waals surface area contributed by atoms with Crippen molar-refractivity contribution in [3.63, 3.8) is 0 Å². The Kier molecular flexibility index (Phi) is 2.17. The summed E-state index contributed by atoms with van der Waals surface area (Å²) in [4.78, 5) is 11.7. The standard InChI is InChI=1S/C11H8O4/c12-8-1-2-10(13)9(5-8)11(14)7-3-4-15-6-7/h1-6,12-13H. The smallest absolute Gasteiger partial charge is 0.200 e. The molecule has 0 fully saturated rings. The third kappa shape index (κ3) is 1.69. The Morgan fingerprint density at radius 3 is 2.67 bits per heavy atom. The zero-order chi connectivity index (χ0) is 10.8. The van der Waals surface area contributed by atoms with E-state index in [-0.39, 0.29) is 17.1 Å². The molecule has 15 heavy (non-hydrogen) atoms. The molecule has 0 bridgehead atoms. The second-order valence-corrected chi connectivity index (χ2v) is 3.04. The Hall–Kier alpha value is -2.23. The van der Waals surface area contributed by atoms with Crippen molar-refractivity contribution in [1.82, 2.24) is 0 Å². The maximum atomic E-state index is 11.7. The van der Waals surface area contributed by atoms with Gasteiger partial charge in [-0.1, -0.05) is 0 Å². The molecule has 0 aliphatic carbocycles. The maximum Gasteiger partial charge on any atom is 0.200 e. The number of phenols is 2. The first-order chi connectivity index (χ1) is 7.18. The first-order valence-corrected chi connectivity index (χ1v) is 4.27. The van der Waals surface area contributed by atoms with Gasteiger partial charge in [-0.05, 0) is 24.3 Å². The molecule has 1 heterocycles. The minimum absolute atomic E-state index is 0.0522. The fourth-order valence-corrected chi connectivity index (χ4v) is 1.26. The van der Waals surface area contributed by atoms with Gasteiger partial charge in [-0.15, -0.1) is 0 Å². The summed E-state index contributed by atoms with van der Waals surface area (Å²) in [6, 6.07) is 5.28. The molecule has 0 amide bonds. The van der Waals surface area contributed by atoms with Gasteiger partial charge in [0.2, 0.25) is 0 Å². The van der Waals surface area contributed by atoms with E-state index >= 15 is 0 Å². The van der Waals surface area contributed by atoms with Gasteiger partial charge in [-0.2, -0.15) is 0 Å². The van der Waals surface area contributed by atoms with E-state index < -0.39 is 5.78 Å². The Balaban J connectivity index is 2.46. The van der Waals surface area contributed by atoms with Crippen LogP contribution in [0.4, 0.5) is 0 Å². The van der Waals surface area contributed by atoms with Crippen LogP contribution in [0.2, 0.25) is 0 Å². The molecule has 0 saturated heterocycles. The molecule has 0 aliphatic heterocycles. The van der Waals surface area contributed by atoms with Crippen molar-refractivity contribution in [3.8, 4) is 11.5 Å². The molecule has 0 unspecified atom stereocenters. The minimum atomic E-state index is -0.392. The number of rotatable bonds is 2. The van der Waals surface area contributed by atoms with Crippen molar-refractivity contribution in [3.05, 3.63) is 47.9 Å². The lowest BCUT2D eigenvalue weighted by Gasteiger charge is -2.02. The largest absolute Gasteiger partial charge is 0.508 e. The van der Waals surface area contributed by atoms with Crippen LogP contribution in [0.25, 0.3) is 0 Å². The highest BCUT2D eigenvalue weighted by molar-refractivity contribution is 6.10. The molecule has 0 spiro atoms. The minimum Gasteiger partial charge on any atom is -0.508 e. The van der Waals surface area contributed by atoms with Crippen LogP contribution in [0.15, 0.2) is 41.2 Å². The van der Waals surface area contributed by atoms with E-state index in [0.29, 0.717) is 5.56 Å². The van der Waals surface area contributed by atoms with Gasteiger partial charge < -0.3 is 14.6 Å². The summed E-state index contributed by atoms with van der Waals surface area (Å²) in [5, 5.41) is 18.6. The summed E-state index contributed by atoms with van der Waals surface area (Å²) in [6.07, 6.45) is 2.65. The second kappa shape index (κ2) is 3.49.